The van der Waals surface area contributed by atoms with Crippen molar-refractivity contribution >= 4 is 22.9 Å². The van der Waals surface area contributed by atoms with Crippen molar-refractivity contribution in [2.45, 2.75) is 51.6 Å². The number of rotatable bonds is 4. The van der Waals surface area contributed by atoms with E-state index in [0.717, 1.165) is 36.5 Å². The summed E-state index contributed by atoms with van der Waals surface area (Å²) in [4.78, 5) is 10.7. The molecule has 0 amide bonds. The Kier molecular flexibility index (Phi) is 5.61. The van der Waals surface area contributed by atoms with Crippen LogP contribution in [0.2, 0.25) is 5.02 Å². The van der Waals surface area contributed by atoms with Crippen LogP contribution in [0.3, 0.4) is 0 Å². The molecular weight excluding hydrogens is 448 g/mol. The molecule has 33 heavy (non-hydrogen) atoms. The second kappa shape index (κ2) is 8.75. The lowest BCUT2D eigenvalue weighted by Gasteiger charge is -2.36. The van der Waals surface area contributed by atoms with Crippen molar-refractivity contribution in [2.75, 3.05) is 6.54 Å². The Bertz CT molecular complexity index is 1290. The zero-order valence-corrected chi connectivity index (χ0v) is 20.4. The van der Waals surface area contributed by atoms with Crippen molar-refractivity contribution in [1.29, 1.82) is 0 Å². The van der Waals surface area contributed by atoms with Gasteiger partial charge in [0, 0.05) is 33.4 Å². The summed E-state index contributed by atoms with van der Waals surface area (Å²) in [7, 11) is 0. The molecule has 0 spiro atoms. The van der Waals surface area contributed by atoms with Gasteiger partial charge in [0.15, 0.2) is 0 Å². The first-order valence-electron chi connectivity index (χ1n) is 11.8. The summed E-state index contributed by atoms with van der Waals surface area (Å²) in [6.07, 6.45) is 6.30. The van der Waals surface area contributed by atoms with Crippen LogP contribution in [0.1, 0.15) is 56.8 Å². The number of thiophene rings is 1. The Morgan fingerprint density at radius 2 is 1.88 bits per heavy atom. The molecule has 0 radical (unpaired) electrons. The first kappa shape index (κ1) is 21.2. The van der Waals surface area contributed by atoms with E-state index in [1.807, 2.05) is 31.2 Å². The lowest BCUT2D eigenvalue weighted by atomic mass is 9.88. The third-order valence-electron chi connectivity index (χ3n) is 7.01. The Labute approximate surface area is 204 Å². The molecule has 3 heterocycles. The summed E-state index contributed by atoms with van der Waals surface area (Å²) < 4.78 is 6.08. The van der Waals surface area contributed by atoms with Crippen LogP contribution >= 0.6 is 22.9 Å². The molecule has 2 aromatic carbocycles. The third-order valence-corrected chi connectivity index (χ3v) is 8.63. The molecule has 1 aliphatic carbocycles. The Morgan fingerprint density at radius 1 is 1.03 bits per heavy atom. The second-order valence-corrected chi connectivity index (χ2v) is 10.7. The molecule has 5 heteroatoms. The summed E-state index contributed by atoms with van der Waals surface area (Å²) >= 11 is 8.26. The van der Waals surface area contributed by atoms with Gasteiger partial charge in [0.2, 0.25) is 5.89 Å². The molecule has 2 aromatic heterocycles. The zero-order chi connectivity index (χ0) is 22.4. The smallest absolute Gasteiger partial charge is 0.226 e. The van der Waals surface area contributed by atoms with Crippen molar-refractivity contribution in [1.82, 2.24) is 9.88 Å². The fraction of sp³-hybridized carbons (Fsp3) is 0.321. The highest BCUT2D eigenvalue weighted by Gasteiger charge is 2.34. The maximum absolute atomic E-state index is 6.20. The van der Waals surface area contributed by atoms with E-state index >= 15 is 0 Å². The standard InChI is InChI=1S/C28H27ClN2OS/c1-18-24(30-28(32-18)20-10-7-11-21(29)16-20)17-31-15-14-23-22-12-5-6-13-25(22)33-27(23)26(31)19-8-3-2-4-9-19/h2-4,7-11,16,26H,5-6,12-15,17H2,1H3. The normalized spacial score (nSPS) is 18.2. The Hall–Kier alpha value is -2.40. The Balaban J connectivity index is 1.37. The molecule has 168 valence electrons. The number of benzene rings is 2. The quantitative estimate of drug-likeness (QED) is 0.308. The number of hydrogen-bond acceptors (Lipinski definition) is 4. The molecule has 2 aliphatic rings. The van der Waals surface area contributed by atoms with Gasteiger partial charge in [-0.05, 0) is 73.9 Å². The third kappa shape index (κ3) is 3.95. The number of aromatic nitrogens is 1. The first-order chi connectivity index (χ1) is 16.2. The van der Waals surface area contributed by atoms with Crippen LogP contribution in [0, 0.1) is 6.92 Å². The van der Waals surface area contributed by atoms with Crippen LogP contribution in [-0.2, 0) is 25.8 Å². The molecule has 4 aromatic rings. The summed E-state index contributed by atoms with van der Waals surface area (Å²) in [5, 5.41) is 0.694. The number of fused-ring (bicyclic) bond motifs is 3. The van der Waals surface area contributed by atoms with Gasteiger partial charge in [-0.25, -0.2) is 4.98 Å². The van der Waals surface area contributed by atoms with Crippen LogP contribution < -0.4 is 0 Å². The average molecular weight is 475 g/mol. The number of halogens is 1. The van der Waals surface area contributed by atoms with Crippen molar-refractivity contribution < 1.29 is 4.42 Å². The molecule has 1 unspecified atom stereocenters. The molecule has 0 fully saturated rings. The molecule has 1 atom stereocenters. The van der Waals surface area contributed by atoms with Gasteiger partial charge in [0.05, 0.1) is 11.7 Å². The van der Waals surface area contributed by atoms with E-state index in [1.54, 1.807) is 20.9 Å². The van der Waals surface area contributed by atoms with Gasteiger partial charge in [-0.2, -0.15) is 0 Å². The molecule has 6 rings (SSSR count). The van der Waals surface area contributed by atoms with E-state index in [0.29, 0.717) is 10.9 Å². The van der Waals surface area contributed by atoms with Crippen molar-refractivity contribution in [3.8, 4) is 11.5 Å². The number of aryl methyl sites for hydroxylation is 2. The minimum absolute atomic E-state index is 0.274. The van der Waals surface area contributed by atoms with Crippen molar-refractivity contribution in [3.05, 3.63) is 97.5 Å². The van der Waals surface area contributed by atoms with E-state index in [9.17, 15) is 0 Å². The topological polar surface area (TPSA) is 29.3 Å². The molecule has 1 aliphatic heterocycles. The van der Waals surface area contributed by atoms with Gasteiger partial charge in [0.1, 0.15) is 5.76 Å². The lowest BCUT2D eigenvalue weighted by molar-refractivity contribution is 0.204. The highest BCUT2D eigenvalue weighted by Crippen LogP contribution is 2.45. The highest BCUT2D eigenvalue weighted by atomic mass is 35.5. The minimum atomic E-state index is 0.274. The second-order valence-electron chi connectivity index (χ2n) is 9.12. The van der Waals surface area contributed by atoms with Crippen molar-refractivity contribution in [2.24, 2.45) is 0 Å². The maximum atomic E-state index is 6.20. The van der Waals surface area contributed by atoms with E-state index in [-0.39, 0.29) is 6.04 Å². The fourth-order valence-electron chi connectivity index (χ4n) is 5.38. The van der Waals surface area contributed by atoms with Crippen molar-refractivity contribution in [3.63, 3.8) is 0 Å². The number of hydrogen-bond donors (Lipinski definition) is 0. The van der Waals surface area contributed by atoms with Crippen LogP contribution in [0.5, 0.6) is 0 Å². The summed E-state index contributed by atoms with van der Waals surface area (Å²) in [6, 6.07) is 19.0. The van der Waals surface area contributed by atoms with Crippen LogP contribution in [0.25, 0.3) is 11.5 Å². The maximum Gasteiger partial charge on any atom is 0.226 e. The highest BCUT2D eigenvalue weighted by molar-refractivity contribution is 7.12. The lowest BCUT2D eigenvalue weighted by Crippen LogP contribution is -2.35. The molecule has 0 bridgehead atoms. The van der Waals surface area contributed by atoms with Gasteiger partial charge in [-0.1, -0.05) is 48.0 Å². The largest absolute Gasteiger partial charge is 0.441 e. The predicted molar refractivity (Wildman–Crippen MR) is 135 cm³/mol. The van der Waals surface area contributed by atoms with Gasteiger partial charge in [0.25, 0.3) is 0 Å². The molecule has 0 saturated heterocycles. The van der Waals surface area contributed by atoms with Gasteiger partial charge in [-0.3, -0.25) is 4.90 Å². The zero-order valence-electron chi connectivity index (χ0n) is 18.8. The van der Waals surface area contributed by atoms with Crippen LogP contribution in [-0.4, -0.2) is 16.4 Å². The summed E-state index contributed by atoms with van der Waals surface area (Å²) in [5.41, 5.74) is 6.60. The van der Waals surface area contributed by atoms with Gasteiger partial charge >= 0.3 is 0 Å². The van der Waals surface area contributed by atoms with E-state index in [1.165, 1.54) is 31.2 Å². The van der Waals surface area contributed by atoms with Crippen LogP contribution in [0.15, 0.2) is 59.0 Å². The molecule has 3 nitrogen and oxygen atoms in total. The Morgan fingerprint density at radius 3 is 2.73 bits per heavy atom. The average Bonchev–Trinajstić information content (AvgIpc) is 3.40. The minimum Gasteiger partial charge on any atom is -0.441 e. The van der Waals surface area contributed by atoms with E-state index < -0.39 is 0 Å². The molecular formula is C28H27ClN2OS. The van der Waals surface area contributed by atoms with E-state index in [4.69, 9.17) is 21.0 Å². The number of oxazole rings is 1. The summed E-state index contributed by atoms with van der Waals surface area (Å²) in [5.74, 6) is 1.53. The van der Waals surface area contributed by atoms with Gasteiger partial charge in [-0.15, -0.1) is 11.3 Å². The van der Waals surface area contributed by atoms with E-state index in [2.05, 4.69) is 46.6 Å². The first-order valence-corrected chi connectivity index (χ1v) is 13.0. The predicted octanol–water partition coefficient (Wildman–Crippen LogP) is 7.39. The monoisotopic (exact) mass is 474 g/mol. The fourth-order valence-corrected chi connectivity index (χ4v) is 7.17. The number of nitrogens with zero attached hydrogens (tertiary/aromatic N) is 2. The summed E-state index contributed by atoms with van der Waals surface area (Å²) in [6.45, 7) is 3.83. The van der Waals surface area contributed by atoms with Gasteiger partial charge < -0.3 is 4.42 Å². The molecule has 0 saturated carbocycles. The van der Waals surface area contributed by atoms with Crippen LogP contribution in [0.4, 0.5) is 0 Å². The molecule has 0 N–H and O–H groups in total. The SMILES string of the molecule is Cc1oc(-c2cccc(Cl)c2)nc1CN1CCc2c(sc3c2CCCC3)C1c1ccccc1.